The van der Waals surface area contributed by atoms with Crippen molar-refractivity contribution in [1.29, 1.82) is 0 Å². The molecule has 1 aliphatic rings. The Bertz CT molecular complexity index is 1200. The molecule has 0 spiro atoms. The van der Waals surface area contributed by atoms with Crippen LogP contribution in [0.3, 0.4) is 0 Å². The van der Waals surface area contributed by atoms with Crippen molar-refractivity contribution in [3.63, 3.8) is 0 Å². The molecule has 9 heteroatoms. The molecule has 1 unspecified atom stereocenters. The Kier molecular flexibility index (Phi) is 9.16. The molecule has 2 aromatic rings. The van der Waals surface area contributed by atoms with Gasteiger partial charge < -0.3 is 18.6 Å². The first-order chi connectivity index (χ1) is 17.9. The molecule has 0 saturated heterocycles. The van der Waals surface area contributed by atoms with Gasteiger partial charge in [0.1, 0.15) is 6.61 Å². The molecule has 1 aliphatic heterocycles. The number of carbonyl (C=O) groups is 3. The fourth-order valence-electron chi connectivity index (χ4n) is 4.01. The molecule has 1 amide bonds. The molecule has 0 saturated carbocycles. The van der Waals surface area contributed by atoms with Crippen LogP contribution in [0.4, 0.5) is 4.79 Å². The lowest BCUT2D eigenvalue weighted by atomic mass is 9.94. The van der Waals surface area contributed by atoms with Crippen molar-refractivity contribution in [2.45, 2.75) is 58.2 Å². The highest BCUT2D eigenvalue weighted by Crippen LogP contribution is 2.42. The third kappa shape index (κ3) is 6.34. The summed E-state index contributed by atoms with van der Waals surface area (Å²) in [6.07, 6.45) is -0.667. The minimum absolute atomic E-state index is 0.00227. The number of benzene rings is 2. The van der Waals surface area contributed by atoms with Gasteiger partial charge in [0, 0.05) is 0 Å². The second-order valence-electron chi connectivity index (χ2n) is 10.7. The summed E-state index contributed by atoms with van der Waals surface area (Å²) >= 11 is 0. The highest BCUT2D eigenvalue weighted by atomic mass is 28.4. The van der Waals surface area contributed by atoms with E-state index in [1.165, 1.54) is 19.1 Å². The van der Waals surface area contributed by atoms with Crippen molar-refractivity contribution in [3.8, 4) is 0 Å². The molecule has 0 fully saturated rings. The monoisotopic (exact) mass is 539 g/mol. The number of nitrogens with zero attached hydrogens (tertiary/aromatic N) is 1. The van der Waals surface area contributed by atoms with Crippen molar-refractivity contribution >= 4 is 26.3 Å². The third-order valence-corrected chi connectivity index (χ3v) is 11.7. The van der Waals surface area contributed by atoms with Gasteiger partial charge in [-0.05, 0) is 34.8 Å². The molecule has 1 atom stereocenters. The summed E-state index contributed by atoms with van der Waals surface area (Å²) in [6, 6.07) is 15.8. The second kappa shape index (κ2) is 12.0. The van der Waals surface area contributed by atoms with Crippen LogP contribution in [0.5, 0.6) is 0 Å². The number of methoxy groups -OCH3 is 2. The summed E-state index contributed by atoms with van der Waals surface area (Å²) < 4.78 is 22.1. The lowest BCUT2D eigenvalue weighted by Gasteiger charge is -2.36. The Labute approximate surface area is 225 Å². The van der Waals surface area contributed by atoms with Gasteiger partial charge in [-0.15, -0.1) is 0 Å². The first-order valence-electron chi connectivity index (χ1n) is 12.5. The number of ether oxygens (including phenoxy) is 3. The van der Waals surface area contributed by atoms with Gasteiger partial charge in [0.15, 0.2) is 8.32 Å². The average Bonchev–Trinajstić information content (AvgIpc) is 3.30. The van der Waals surface area contributed by atoms with Gasteiger partial charge in [-0.1, -0.05) is 75.4 Å². The van der Waals surface area contributed by atoms with Crippen molar-refractivity contribution in [3.05, 3.63) is 82.4 Å². The number of carbonyl (C=O) groups excluding carboxylic acids is 3. The van der Waals surface area contributed by atoms with Crippen LogP contribution in [0, 0.1) is 0 Å². The van der Waals surface area contributed by atoms with Gasteiger partial charge in [-0.2, -0.15) is 0 Å². The van der Waals surface area contributed by atoms with Crippen molar-refractivity contribution in [1.82, 2.24) is 4.90 Å². The van der Waals surface area contributed by atoms with Gasteiger partial charge >= 0.3 is 18.0 Å². The molecule has 2 aromatic carbocycles. The summed E-state index contributed by atoms with van der Waals surface area (Å²) in [7, 11) is 0.368. The summed E-state index contributed by atoms with van der Waals surface area (Å²) in [6.45, 7) is 11.0. The normalized spacial score (nSPS) is 15.9. The van der Waals surface area contributed by atoms with Crippen LogP contribution in [-0.4, -0.2) is 52.0 Å². The van der Waals surface area contributed by atoms with Gasteiger partial charge in [-0.25, -0.2) is 14.4 Å². The third-order valence-electron chi connectivity index (χ3n) is 7.26. The van der Waals surface area contributed by atoms with Gasteiger partial charge in [-0.3, -0.25) is 4.90 Å². The van der Waals surface area contributed by atoms with Gasteiger partial charge in [0.25, 0.3) is 0 Å². The maximum Gasteiger partial charge on any atom is 0.411 e. The van der Waals surface area contributed by atoms with Crippen LogP contribution in [0.25, 0.3) is 0 Å². The van der Waals surface area contributed by atoms with Gasteiger partial charge in [0.2, 0.25) is 0 Å². The van der Waals surface area contributed by atoms with E-state index in [0.717, 1.165) is 11.1 Å². The standard InChI is InChI=1S/C29H37NO7Si/c1-29(2,3)38(6,7)37-19-21-15-11-12-16-22(21)25-24(27(32)35-5)23(26(31)34-4)17-30(25)28(33)36-18-20-13-9-8-10-14-20/h8-16,25H,17-19H2,1-7H3. The minimum Gasteiger partial charge on any atom is -0.466 e. The molecule has 8 nitrogen and oxygen atoms in total. The average molecular weight is 540 g/mol. The zero-order chi connectivity index (χ0) is 28.1. The smallest absolute Gasteiger partial charge is 0.411 e. The molecule has 0 radical (unpaired) electrons. The fraction of sp³-hybridized carbons (Fsp3) is 0.414. The second-order valence-corrected chi connectivity index (χ2v) is 15.5. The van der Waals surface area contributed by atoms with Crippen LogP contribution in [-0.2, 0) is 41.4 Å². The van der Waals surface area contributed by atoms with E-state index in [4.69, 9.17) is 18.6 Å². The van der Waals surface area contributed by atoms with E-state index in [-0.39, 0.29) is 35.9 Å². The molecule has 38 heavy (non-hydrogen) atoms. The lowest BCUT2D eigenvalue weighted by Crippen LogP contribution is -2.40. The van der Waals surface area contributed by atoms with Crippen LogP contribution in [0.2, 0.25) is 18.1 Å². The Morgan fingerprint density at radius 3 is 2.11 bits per heavy atom. The molecule has 1 heterocycles. The first kappa shape index (κ1) is 29.1. The number of esters is 2. The van der Waals surface area contributed by atoms with Crippen LogP contribution < -0.4 is 0 Å². The molecule has 0 aromatic heterocycles. The Morgan fingerprint density at radius 1 is 0.895 bits per heavy atom. The summed E-state index contributed by atoms with van der Waals surface area (Å²) in [5.41, 5.74) is 2.38. The summed E-state index contributed by atoms with van der Waals surface area (Å²) in [4.78, 5) is 40.6. The van der Waals surface area contributed by atoms with Crippen molar-refractivity contribution in [2.24, 2.45) is 0 Å². The molecule has 0 aliphatic carbocycles. The molecule has 204 valence electrons. The first-order valence-corrected chi connectivity index (χ1v) is 15.4. The van der Waals surface area contributed by atoms with Crippen LogP contribution in [0.15, 0.2) is 65.7 Å². The fourth-order valence-corrected chi connectivity index (χ4v) is 4.96. The van der Waals surface area contributed by atoms with Crippen LogP contribution in [0.1, 0.15) is 43.5 Å². The predicted molar refractivity (Wildman–Crippen MR) is 146 cm³/mol. The lowest BCUT2D eigenvalue weighted by molar-refractivity contribution is -0.139. The Hall–Kier alpha value is -3.43. The maximum atomic E-state index is 13.4. The van der Waals surface area contributed by atoms with Crippen LogP contribution >= 0.6 is 0 Å². The molecule has 0 bridgehead atoms. The summed E-state index contributed by atoms with van der Waals surface area (Å²) in [5, 5.41) is -0.00227. The zero-order valence-electron chi connectivity index (χ0n) is 23.2. The van der Waals surface area contributed by atoms with E-state index in [1.807, 2.05) is 54.6 Å². The molecule has 0 N–H and O–H groups in total. The predicted octanol–water partition coefficient (Wildman–Crippen LogP) is 5.54. The largest absolute Gasteiger partial charge is 0.466 e. The van der Waals surface area contributed by atoms with Gasteiger partial charge in [0.05, 0.1) is 44.6 Å². The highest BCUT2D eigenvalue weighted by Gasteiger charge is 2.45. The minimum atomic E-state index is -2.11. The van der Waals surface area contributed by atoms with E-state index in [9.17, 15) is 14.4 Å². The van der Waals surface area contributed by atoms with E-state index >= 15 is 0 Å². The van der Waals surface area contributed by atoms with E-state index in [0.29, 0.717) is 5.56 Å². The number of rotatable bonds is 8. The van der Waals surface area contributed by atoms with E-state index in [1.54, 1.807) is 0 Å². The number of amides is 1. The highest BCUT2D eigenvalue weighted by molar-refractivity contribution is 6.74. The van der Waals surface area contributed by atoms with E-state index in [2.05, 4.69) is 33.9 Å². The van der Waals surface area contributed by atoms with Crippen molar-refractivity contribution < 1.29 is 33.0 Å². The quantitative estimate of drug-likeness (QED) is 0.247. The molecular formula is C29H37NO7Si. The summed E-state index contributed by atoms with van der Waals surface area (Å²) in [5.74, 6) is -1.42. The topological polar surface area (TPSA) is 91.4 Å². The van der Waals surface area contributed by atoms with Crippen molar-refractivity contribution in [2.75, 3.05) is 20.8 Å². The molecular weight excluding hydrogens is 502 g/mol. The Morgan fingerprint density at radius 2 is 1.50 bits per heavy atom. The maximum absolute atomic E-state index is 13.4. The number of hydrogen-bond acceptors (Lipinski definition) is 7. The molecule has 3 rings (SSSR count). The SMILES string of the molecule is COC(=O)C1=C(C(=O)OC)C(c2ccccc2CO[Si](C)(C)C(C)(C)C)N(C(=O)OCc2ccccc2)C1. The van der Waals surface area contributed by atoms with E-state index < -0.39 is 32.4 Å². The Balaban J connectivity index is 2.04. The number of hydrogen-bond donors (Lipinski definition) is 0. The zero-order valence-corrected chi connectivity index (χ0v) is 24.2.